The Balaban J connectivity index is 1.84. The molecule has 0 bridgehead atoms. The van der Waals surface area contributed by atoms with Gasteiger partial charge in [-0.1, -0.05) is 72.8 Å². The summed E-state index contributed by atoms with van der Waals surface area (Å²) in [5.74, 6) is -1.12. The summed E-state index contributed by atoms with van der Waals surface area (Å²) in [5.41, 5.74) is 2.17. The van der Waals surface area contributed by atoms with E-state index in [0.717, 1.165) is 11.1 Å². The maximum atomic E-state index is 13.1. The summed E-state index contributed by atoms with van der Waals surface area (Å²) in [5, 5.41) is 5.71. The molecule has 7 heteroatoms. The number of benzene rings is 3. The molecule has 3 aromatic carbocycles. The normalized spacial score (nSPS) is 12.4. The number of ether oxygens (including phenoxy) is 1. The van der Waals surface area contributed by atoms with Gasteiger partial charge in [-0.25, -0.2) is 0 Å². The van der Waals surface area contributed by atoms with Gasteiger partial charge in [-0.05, 0) is 48.7 Å². The van der Waals surface area contributed by atoms with Crippen LogP contribution in [0.25, 0.3) is 6.08 Å². The molecule has 0 saturated carbocycles. The van der Waals surface area contributed by atoms with Gasteiger partial charge in [0.05, 0.1) is 12.1 Å². The van der Waals surface area contributed by atoms with Crippen LogP contribution in [0.1, 0.15) is 42.6 Å². The highest BCUT2D eigenvalue weighted by Crippen LogP contribution is 2.19. The molecule has 0 aliphatic rings. The fourth-order valence-corrected chi connectivity index (χ4v) is 3.35. The summed E-state index contributed by atoms with van der Waals surface area (Å²) in [6, 6.07) is 23.8. The molecule has 0 aliphatic heterocycles. The zero-order valence-electron chi connectivity index (χ0n) is 18.9. The van der Waals surface area contributed by atoms with Crippen LogP contribution in [0.4, 0.5) is 8.78 Å². The van der Waals surface area contributed by atoms with Gasteiger partial charge in [0.1, 0.15) is 11.3 Å². The quantitative estimate of drug-likeness (QED) is 0.252. The SMILES string of the molecule is C[C@@H](NC(=O)C(=Cc1ccc(OC(F)F)cc1)C(=O)N[C@H](C)c1ccccc1)c1ccccc1. The third kappa shape index (κ3) is 7.00. The largest absolute Gasteiger partial charge is 0.435 e. The Hall–Kier alpha value is -4.00. The van der Waals surface area contributed by atoms with Crippen molar-refractivity contribution >= 4 is 17.9 Å². The van der Waals surface area contributed by atoms with Crippen molar-refractivity contribution < 1.29 is 23.1 Å². The molecular weight excluding hydrogens is 438 g/mol. The molecular formula is C27H26F2N2O3. The molecule has 0 aromatic heterocycles. The van der Waals surface area contributed by atoms with Crippen LogP contribution in [-0.4, -0.2) is 18.4 Å². The lowest BCUT2D eigenvalue weighted by molar-refractivity contribution is -0.124. The third-order valence-electron chi connectivity index (χ3n) is 5.20. The van der Waals surface area contributed by atoms with E-state index in [-0.39, 0.29) is 23.4 Å². The Morgan fingerprint density at radius 2 is 1.18 bits per heavy atom. The first-order valence-corrected chi connectivity index (χ1v) is 10.8. The van der Waals surface area contributed by atoms with E-state index >= 15 is 0 Å². The van der Waals surface area contributed by atoms with Crippen molar-refractivity contribution in [3.8, 4) is 5.75 Å². The van der Waals surface area contributed by atoms with E-state index in [0.29, 0.717) is 5.56 Å². The van der Waals surface area contributed by atoms with Gasteiger partial charge in [0.15, 0.2) is 0 Å². The second-order valence-electron chi connectivity index (χ2n) is 7.72. The topological polar surface area (TPSA) is 67.4 Å². The smallest absolute Gasteiger partial charge is 0.387 e. The molecule has 0 radical (unpaired) electrons. The Morgan fingerprint density at radius 1 is 0.735 bits per heavy atom. The summed E-state index contributed by atoms with van der Waals surface area (Å²) in [4.78, 5) is 26.3. The van der Waals surface area contributed by atoms with E-state index in [9.17, 15) is 18.4 Å². The zero-order valence-corrected chi connectivity index (χ0v) is 18.9. The molecule has 0 heterocycles. The van der Waals surface area contributed by atoms with Gasteiger partial charge in [-0.15, -0.1) is 0 Å². The van der Waals surface area contributed by atoms with Crippen LogP contribution in [0.5, 0.6) is 5.75 Å². The first-order chi connectivity index (χ1) is 16.3. The van der Waals surface area contributed by atoms with Crippen molar-refractivity contribution in [2.75, 3.05) is 0 Å². The van der Waals surface area contributed by atoms with Crippen LogP contribution >= 0.6 is 0 Å². The minimum atomic E-state index is -2.94. The van der Waals surface area contributed by atoms with Crippen molar-refractivity contribution in [2.45, 2.75) is 32.5 Å². The fourth-order valence-electron chi connectivity index (χ4n) is 3.35. The monoisotopic (exact) mass is 464 g/mol. The highest BCUT2D eigenvalue weighted by atomic mass is 19.3. The molecule has 2 amide bonds. The molecule has 5 nitrogen and oxygen atoms in total. The van der Waals surface area contributed by atoms with Gasteiger partial charge in [-0.2, -0.15) is 8.78 Å². The molecule has 0 spiro atoms. The molecule has 0 fully saturated rings. The number of hydrogen-bond acceptors (Lipinski definition) is 3. The van der Waals surface area contributed by atoms with E-state index in [4.69, 9.17) is 0 Å². The molecule has 3 aromatic rings. The molecule has 2 atom stereocenters. The maximum Gasteiger partial charge on any atom is 0.387 e. The van der Waals surface area contributed by atoms with Crippen LogP contribution in [0.15, 0.2) is 90.5 Å². The van der Waals surface area contributed by atoms with Crippen LogP contribution in [-0.2, 0) is 9.59 Å². The molecule has 0 aliphatic carbocycles. The first-order valence-electron chi connectivity index (χ1n) is 10.8. The van der Waals surface area contributed by atoms with Crippen molar-refractivity contribution in [3.05, 3.63) is 107 Å². The summed E-state index contributed by atoms with van der Waals surface area (Å²) in [6.45, 7) is 0.713. The average Bonchev–Trinajstić information content (AvgIpc) is 2.84. The number of amides is 2. The number of nitrogens with one attached hydrogen (secondary N) is 2. The first kappa shape index (κ1) is 24.6. The van der Waals surface area contributed by atoms with Crippen LogP contribution < -0.4 is 15.4 Å². The Morgan fingerprint density at radius 3 is 1.59 bits per heavy atom. The minimum Gasteiger partial charge on any atom is -0.435 e. The van der Waals surface area contributed by atoms with Gasteiger partial charge in [-0.3, -0.25) is 9.59 Å². The minimum absolute atomic E-state index is 0.0157. The molecule has 2 N–H and O–H groups in total. The van der Waals surface area contributed by atoms with Crippen molar-refractivity contribution in [1.82, 2.24) is 10.6 Å². The number of carbonyl (C=O) groups excluding carboxylic acids is 2. The predicted octanol–water partition coefficient (Wildman–Crippen LogP) is 5.43. The van der Waals surface area contributed by atoms with Gasteiger partial charge in [0.25, 0.3) is 11.8 Å². The van der Waals surface area contributed by atoms with Crippen LogP contribution in [0.3, 0.4) is 0 Å². The average molecular weight is 465 g/mol. The van der Waals surface area contributed by atoms with E-state index in [2.05, 4.69) is 15.4 Å². The summed E-state index contributed by atoms with van der Waals surface area (Å²) in [6.07, 6.45) is 1.42. The van der Waals surface area contributed by atoms with E-state index in [1.165, 1.54) is 30.3 Å². The molecule has 0 saturated heterocycles. The van der Waals surface area contributed by atoms with Gasteiger partial charge < -0.3 is 15.4 Å². The predicted molar refractivity (Wildman–Crippen MR) is 127 cm³/mol. The number of carbonyl (C=O) groups is 2. The lowest BCUT2D eigenvalue weighted by Gasteiger charge is -2.18. The van der Waals surface area contributed by atoms with E-state index in [1.807, 2.05) is 74.5 Å². The van der Waals surface area contributed by atoms with Crippen LogP contribution in [0.2, 0.25) is 0 Å². The number of halogens is 2. The highest BCUT2D eigenvalue weighted by molar-refractivity contribution is 6.21. The standard InChI is InChI=1S/C27H26F2N2O3/c1-18(21-9-5-3-6-10-21)30-25(32)24(17-20-13-15-23(16-14-20)34-27(28)29)26(33)31-19(2)22-11-7-4-8-12-22/h3-19,27H,1-2H3,(H,30,32)(H,31,33)/t18-,19-/m1/s1. The summed E-state index contributed by atoms with van der Waals surface area (Å²) < 4.78 is 29.2. The molecule has 176 valence electrons. The van der Waals surface area contributed by atoms with Gasteiger partial charge >= 0.3 is 6.61 Å². The van der Waals surface area contributed by atoms with Crippen molar-refractivity contribution in [2.24, 2.45) is 0 Å². The van der Waals surface area contributed by atoms with Gasteiger partial charge in [0.2, 0.25) is 0 Å². The number of rotatable bonds is 9. The second kappa shape index (κ2) is 11.7. The van der Waals surface area contributed by atoms with E-state index < -0.39 is 18.4 Å². The lowest BCUT2D eigenvalue weighted by Crippen LogP contribution is -2.36. The van der Waals surface area contributed by atoms with E-state index in [1.54, 1.807) is 0 Å². The number of alkyl halides is 2. The Kier molecular flexibility index (Phi) is 8.51. The van der Waals surface area contributed by atoms with Crippen molar-refractivity contribution in [3.63, 3.8) is 0 Å². The van der Waals surface area contributed by atoms with Crippen molar-refractivity contribution in [1.29, 1.82) is 0 Å². The summed E-state index contributed by atoms with van der Waals surface area (Å²) >= 11 is 0. The third-order valence-corrected chi connectivity index (χ3v) is 5.20. The zero-order chi connectivity index (χ0) is 24.5. The molecule has 3 rings (SSSR count). The lowest BCUT2D eigenvalue weighted by atomic mass is 10.0. The second-order valence-corrected chi connectivity index (χ2v) is 7.72. The molecule has 0 unspecified atom stereocenters. The van der Waals surface area contributed by atoms with Crippen LogP contribution in [0, 0.1) is 0 Å². The number of hydrogen-bond donors (Lipinski definition) is 2. The highest BCUT2D eigenvalue weighted by Gasteiger charge is 2.22. The Labute approximate surface area is 197 Å². The maximum absolute atomic E-state index is 13.1. The molecule has 34 heavy (non-hydrogen) atoms. The van der Waals surface area contributed by atoms with Gasteiger partial charge in [0, 0.05) is 0 Å². The Bertz CT molecular complexity index is 1060. The summed E-state index contributed by atoms with van der Waals surface area (Å²) in [7, 11) is 0. The fraction of sp³-hybridized carbons (Fsp3) is 0.185.